The molecule has 2 N–H and O–H groups in total. The second kappa shape index (κ2) is 12.0. The van der Waals surface area contributed by atoms with Gasteiger partial charge in [0.15, 0.2) is 5.96 Å². The Hall–Kier alpha value is -0.850. The maximum absolute atomic E-state index is 11.6. The van der Waals surface area contributed by atoms with Gasteiger partial charge in [-0.15, -0.1) is 24.0 Å². The molecule has 28 heavy (non-hydrogen) atoms. The molecule has 0 aromatic carbocycles. The lowest BCUT2D eigenvalue weighted by Gasteiger charge is -2.21. The number of hydrogen-bond donors (Lipinski definition) is 2. The first-order valence-electron chi connectivity index (χ1n) is 9.13. The van der Waals surface area contributed by atoms with E-state index < -0.39 is 10.0 Å². The Morgan fingerprint density at radius 3 is 2.86 bits per heavy atom. The van der Waals surface area contributed by atoms with E-state index in [0.29, 0.717) is 31.1 Å². The minimum Gasteiger partial charge on any atom is -0.356 e. The summed E-state index contributed by atoms with van der Waals surface area (Å²) >= 11 is 6.23. The van der Waals surface area contributed by atoms with Crippen LogP contribution in [0.25, 0.3) is 0 Å². The number of halogens is 2. The lowest BCUT2D eigenvalue weighted by Crippen LogP contribution is -2.45. The maximum Gasteiger partial charge on any atom is 0.211 e. The van der Waals surface area contributed by atoms with Crippen molar-refractivity contribution in [3.8, 4) is 0 Å². The molecule has 1 unspecified atom stereocenters. The fourth-order valence-electron chi connectivity index (χ4n) is 3.09. The minimum atomic E-state index is -3.14. The number of nitrogens with zero attached hydrogens (tertiary/aromatic N) is 4. The summed E-state index contributed by atoms with van der Waals surface area (Å²) in [6.45, 7) is 5.15. The van der Waals surface area contributed by atoms with Crippen molar-refractivity contribution in [3.63, 3.8) is 0 Å². The molecule has 160 valence electrons. The number of aliphatic imine (C=N–C) groups is 1. The summed E-state index contributed by atoms with van der Waals surface area (Å²) in [6.07, 6.45) is 4.66. The van der Waals surface area contributed by atoms with Crippen LogP contribution in [0.2, 0.25) is 5.02 Å². The van der Waals surface area contributed by atoms with Gasteiger partial charge in [0.2, 0.25) is 10.0 Å². The molecule has 0 bridgehead atoms. The molecule has 11 heteroatoms. The molecule has 1 atom stereocenters. The van der Waals surface area contributed by atoms with E-state index in [2.05, 4.69) is 25.5 Å². The number of pyridine rings is 1. The van der Waals surface area contributed by atoms with Gasteiger partial charge in [0.25, 0.3) is 0 Å². The van der Waals surface area contributed by atoms with E-state index in [-0.39, 0.29) is 30.0 Å². The molecule has 1 aliphatic rings. The number of anilines is 1. The Morgan fingerprint density at radius 1 is 1.50 bits per heavy atom. The van der Waals surface area contributed by atoms with Crippen LogP contribution in [-0.2, 0) is 10.0 Å². The third kappa shape index (κ3) is 7.53. The quantitative estimate of drug-likeness (QED) is 0.224. The number of guanidine groups is 1. The van der Waals surface area contributed by atoms with E-state index in [0.717, 1.165) is 31.3 Å². The highest BCUT2D eigenvalue weighted by atomic mass is 127. The van der Waals surface area contributed by atoms with Crippen molar-refractivity contribution in [1.82, 2.24) is 19.9 Å². The first-order valence-corrected chi connectivity index (χ1v) is 11.4. The van der Waals surface area contributed by atoms with Gasteiger partial charge in [-0.3, -0.25) is 4.99 Å². The van der Waals surface area contributed by atoms with E-state index in [1.54, 1.807) is 13.2 Å². The fraction of sp³-hybridized carbons (Fsp3) is 0.647. The summed E-state index contributed by atoms with van der Waals surface area (Å²) < 4.78 is 24.7. The van der Waals surface area contributed by atoms with Gasteiger partial charge in [0, 0.05) is 52.0 Å². The molecule has 0 saturated carbocycles. The first-order chi connectivity index (χ1) is 12.8. The minimum absolute atomic E-state index is 0. The van der Waals surface area contributed by atoms with E-state index in [1.807, 2.05) is 19.1 Å². The molecule has 0 radical (unpaired) electrons. The van der Waals surface area contributed by atoms with Crippen LogP contribution in [0.15, 0.2) is 23.3 Å². The molecule has 1 saturated heterocycles. The van der Waals surface area contributed by atoms with Gasteiger partial charge in [-0.1, -0.05) is 18.5 Å². The van der Waals surface area contributed by atoms with Gasteiger partial charge < -0.3 is 15.5 Å². The van der Waals surface area contributed by atoms with Crippen molar-refractivity contribution in [2.75, 3.05) is 50.9 Å². The predicted octanol–water partition coefficient (Wildman–Crippen LogP) is 1.77. The smallest absolute Gasteiger partial charge is 0.211 e. The number of sulfonamides is 1. The highest BCUT2D eigenvalue weighted by molar-refractivity contribution is 14.0. The lowest BCUT2D eigenvalue weighted by molar-refractivity contribution is 0.424. The highest BCUT2D eigenvalue weighted by Gasteiger charge is 2.25. The lowest BCUT2D eigenvalue weighted by atomic mass is 10.3. The maximum atomic E-state index is 11.6. The van der Waals surface area contributed by atoms with Gasteiger partial charge >= 0.3 is 0 Å². The summed E-state index contributed by atoms with van der Waals surface area (Å²) in [5.74, 6) is 1.53. The average Bonchev–Trinajstić information content (AvgIpc) is 3.08. The van der Waals surface area contributed by atoms with E-state index in [1.165, 1.54) is 10.6 Å². The molecule has 0 aliphatic carbocycles. The summed E-state index contributed by atoms with van der Waals surface area (Å²) in [5, 5.41) is 7.32. The van der Waals surface area contributed by atoms with Crippen LogP contribution in [0.4, 0.5) is 5.82 Å². The number of rotatable bonds is 8. The second-order valence-electron chi connectivity index (χ2n) is 6.49. The molecule has 0 spiro atoms. The van der Waals surface area contributed by atoms with Gasteiger partial charge in [-0.05, 0) is 25.0 Å². The van der Waals surface area contributed by atoms with Crippen LogP contribution in [-0.4, -0.2) is 75.7 Å². The summed E-state index contributed by atoms with van der Waals surface area (Å²) in [7, 11) is -1.41. The molecule has 0 amide bonds. The number of aromatic nitrogens is 1. The van der Waals surface area contributed by atoms with Crippen LogP contribution in [0.5, 0.6) is 0 Å². The van der Waals surface area contributed by atoms with Crippen LogP contribution in [0.3, 0.4) is 0 Å². The second-order valence-corrected chi connectivity index (χ2v) is 8.88. The van der Waals surface area contributed by atoms with Crippen molar-refractivity contribution in [2.24, 2.45) is 4.99 Å². The summed E-state index contributed by atoms with van der Waals surface area (Å²) in [6, 6.07) is 3.92. The zero-order chi connectivity index (χ0) is 19.9. The largest absolute Gasteiger partial charge is 0.356 e. The number of hydrogen-bond acceptors (Lipinski definition) is 5. The van der Waals surface area contributed by atoms with Gasteiger partial charge in [0.1, 0.15) is 5.82 Å². The van der Waals surface area contributed by atoms with Gasteiger partial charge in [-0.25, -0.2) is 17.7 Å². The Balaban J connectivity index is 0.00000392. The fourth-order valence-corrected chi connectivity index (χ4v) is 4.26. The Bertz CT molecular complexity index is 749. The SMILES string of the molecule is CCN(CCCNC(=NC)NC1CCN(c2ncccc2Cl)C1)S(C)(=O)=O.I. The number of nitrogens with one attached hydrogen (secondary N) is 2. The molecular weight excluding hydrogens is 515 g/mol. The molecule has 1 aromatic heterocycles. The van der Waals surface area contributed by atoms with Crippen molar-refractivity contribution < 1.29 is 8.42 Å². The first kappa shape index (κ1) is 25.2. The van der Waals surface area contributed by atoms with Crippen LogP contribution in [0.1, 0.15) is 19.8 Å². The summed E-state index contributed by atoms with van der Waals surface area (Å²) in [5.41, 5.74) is 0. The summed E-state index contributed by atoms with van der Waals surface area (Å²) in [4.78, 5) is 10.8. The van der Waals surface area contributed by atoms with Crippen molar-refractivity contribution >= 4 is 57.4 Å². The molecule has 1 aromatic rings. The molecule has 1 aliphatic heterocycles. The van der Waals surface area contributed by atoms with Crippen molar-refractivity contribution in [3.05, 3.63) is 23.4 Å². The molecule has 2 heterocycles. The van der Waals surface area contributed by atoms with Gasteiger partial charge in [0.05, 0.1) is 11.3 Å². The highest BCUT2D eigenvalue weighted by Crippen LogP contribution is 2.25. The van der Waals surface area contributed by atoms with E-state index in [4.69, 9.17) is 11.6 Å². The Kier molecular flexibility index (Phi) is 10.8. The predicted molar refractivity (Wildman–Crippen MR) is 126 cm³/mol. The third-order valence-electron chi connectivity index (χ3n) is 4.49. The van der Waals surface area contributed by atoms with Crippen molar-refractivity contribution in [1.29, 1.82) is 0 Å². The Labute approximate surface area is 190 Å². The van der Waals surface area contributed by atoms with Crippen molar-refractivity contribution in [2.45, 2.75) is 25.8 Å². The van der Waals surface area contributed by atoms with Crippen LogP contribution >= 0.6 is 35.6 Å². The molecular formula is C17H30ClIN6O2S. The standard InChI is InChI=1S/C17H29ClN6O2S.HI/c1-4-24(27(3,25)26)11-6-10-21-17(19-2)22-14-8-12-23(13-14)16-15(18)7-5-9-20-16;/h5,7,9,14H,4,6,8,10-13H2,1-3H3,(H2,19,21,22);1H. The van der Waals surface area contributed by atoms with Crippen LogP contribution in [0, 0.1) is 0 Å². The zero-order valence-electron chi connectivity index (χ0n) is 16.6. The van der Waals surface area contributed by atoms with Crippen LogP contribution < -0.4 is 15.5 Å². The molecule has 1 fully saturated rings. The monoisotopic (exact) mass is 544 g/mol. The van der Waals surface area contributed by atoms with E-state index >= 15 is 0 Å². The average molecular weight is 545 g/mol. The molecule has 8 nitrogen and oxygen atoms in total. The third-order valence-corrected chi connectivity index (χ3v) is 6.16. The van der Waals surface area contributed by atoms with Gasteiger partial charge in [-0.2, -0.15) is 0 Å². The Morgan fingerprint density at radius 2 is 2.25 bits per heavy atom. The molecule has 2 rings (SSSR count). The zero-order valence-corrected chi connectivity index (χ0v) is 20.5. The topological polar surface area (TPSA) is 89.9 Å². The van der Waals surface area contributed by atoms with E-state index in [9.17, 15) is 8.42 Å². The normalized spacial score (nSPS) is 17.5.